The van der Waals surface area contributed by atoms with E-state index in [1.807, 2.05) is 0 Å². The molecule has 0 aromatic carbocycles. The quantitative estimate of drug-likeness (QED) is 0.653. The first-order chi connectivity index (χ1) is 5.91. The van der Waals surface area contributed by atoms with Crippen molar-refractivity contribution in [3.05, 3.63) is 0 Å². The molecule has 0 saturated carbocycles. The van der Waals surface area contributed by atoms with Gasteiger partial charge < -0.3 is 10.1 Å². The van der Waals surface area contributed by atoms with E-state index in [1.54, 1.807) is 0 Å². The van der Waals surface area contributed by atoms with Crippen molar-refractivity contribution in [2.24, 2.45) is 5.41 Å². The van der Waals surface area contributed by atoms with Gasteiger partial charge in [-0.25, -0.2) is 0 Å². The van der Waals surface area contributed by atoms with E-state index in [4.69, 9.17) is 4.74 Å². The minimum absolute atomic E-state index is 0. The average Bonchev–Trinajstić information content (AvgIpc) is 2.33. The number of piperidine rings is 1. The third-order valence-electron chi connectivity index (χ3n) is 3.32. The molecule has 3 heteroatoms. The smallest absolute Gasteiger partial charge is 0.0523 e. The molecule has 0 aliphatic carbocycles. The maximum absolute atomic E-state index is 5.66. The van der Waals surface area contributed by atoms with Gasteiger partial charge in [0.25, 0.3) is 0 Å². The fourth-order valence-corrected chi connectivity index (χ4v) is 2.42. The van der Waals surface area contributed by atoms with Crippen molar-refractivity contribution in [1.29, 1.82) is 0 Å². The molecule has 2 saturated heterocycles. The van der Waals surface area contributed by atoms with Crippen molar-refractivity contribution in [3.8, 4) is 0 Å². The standard InChI is InChI=1S/C10H19NO.ClH/c1-2-8-12-9-10(3-1)4-6-11-7-5-10;/h11H,1-9H2;1H. The first kappa shape index (κ1) is 11.3. The topological polar surface area (TPSA) is 21.3 Å². The molecule has 0 amide bonds. The highest BCUT2D eigenvalue weighted by atomic mass is 35.5. The molecule has 0 radical (unpaired) electrons. The van der Waals surface area contributed by atoms with Gasteiger partial charge in [0.1, 0.15) is 0 Å². The molecule has 1 spiro atoms. The Morgan fingerprint density at radius 1 is 1.00 bits per heavy atom. The lowest BCUT2D eigenvalue weighted by Gasteiger charge is -2.36. The molecule has 13 heavy (non-hydrogen) atoms. The van der Waals surface area contributed by atoms with Crippen LogP contribution in [-0.2, 0) is 4.74 Å². The van der Waals surface area contributed by atoms with Crippen molar-refractivity contribution in [2.75, 3.05) is 26.3 Å². The largest absolute Gasteiger partial charge is 0.381 e. The Balaban J connectivity index is 0.000000845. The van der Waals surface area contributed by atoms with Crippen LogP contribution in [-0.4, -0.2) is 26.3 Å². The summed E-state index contributed by atoms with van der Waals surface area (Å²) in [6.45, 7) is 4.41. The summed E-state index contributed by atoms with van der Waals surface area (Å²) in [5.41, 5.74) is 0.557. The molecule has 0 bridgehead atoms. The molecular formula is C10H20ClNO. The van der Waals surface area contributed by atoms with Crippen molar-refractivity contribution < 1.29 is 4.74 Å². The van der Waals surface area contributed by atoms with Crippen LogP contribution < -0.4 is 5.32 Å². The van der Waals surface area contributed by atoms with Crippen LogP contribution in [0.15, 0.2) is 0 Å². The van der Waals surface area contributed by atoms with Crippen LogP contribution in [0.1, 0.15) is 32.1 Å². The maximum atomic E-state index is 5.66. The molecule has 2 aliphatic rings. The zero-order valence-corrected chi connectivity index (χ0v) is 9.00. The Labute approximate surface area is 86.8 Å². The summed E-state index contributed by atoms with van der Waals surface area (Å²) >= 11 is 0. The van der Waals surface area contributed by atoms with E-state index in [-0.39, 0.29) is 12.4 Å². The van der Waals surface area contributed by atoms with Gasteiger partial charge in [0, 0.05) is 6.61 Å². The zero-order valence-electron chi connectivity index (χ0n) is 8.18. The van der Waals surface area contributed by atoms with E-state index in [2.05, 4.69) is 5.32 Å². The van der Waals surface area contributed by atoms with Gasteiger partial charge in [0.2, 0.25) is 0 Å². The molecular weight excluding hydrogens is 186 g/mol. The lowest BCUT2D eigenvalue weighted by Crippen LogP contribution is -2.39. The Bertz CT molecular complexity index is 136. The van der Waals surface area contributed by atoms with Crippen molar-refractivity contribution in [3.63, 3.8) is 0 Å². The van der Waals surface area contributed by atoms with Gasteiger partial charge in [0.05, 0.1) is 6.61 Å². The summed E-state index contributed by atoms with van der Waals surface area (Å²) in [4.78, 5) is 0. The van der Waals surface area contributed by atoms with E-state index in [0.717, 1.165) is 13.2 Å². The average molecular weight is 206 g/mol. The second-order valence-electron chi connectivity index (χ2n) is 4.26. The van der Waals surface area contributed by atoms with Gasteiger partial charge in [-0.2, -0.15) is 0 Å². The monoisotopic (exact) mass is 205 g/mol. The van der Waals surface area contributed by atoms with E-state index in [9.17, 15) is 0 Å². The van der Waals surface area contributed by atoms with Crippen LogP contribution in [0.3, 0.4) is 0 Å². The van der Waals surface area contributed by atoms with E-state index in [1.165, 1.54) is 45.2 Å². The molecule has 2 fully saturated rings. The van der Waals surface area contributed by atoms with Crippen molar-refractivity contribution >= 4 is 12.4 Å². The highest BCUT2D eigenvalue weighted by Gasteiger charge is 2.32. The molecule has 2 nitrogen and oxygen atoms in total. The molecule has 0 atom stereocenters. The summed E-state index contributed by atoms with van der Waals surface area (Å²) in [6.07, 6.45) is 6.70. The molecule has 0 unspecified atom stereocenters. The van der Waals surface area contributed by atoms with Crippen molar-refractivity contribution in [2.45, 2.75) is 32.1 Å². The number of hydrogen-bond donors (Lipinski definition) is 1. The normalized spacial score (nSPS) is 27.7. The van der Waals surface area contributed by atoms with Crippen LogP contribution >= 0.6 is 12.4 Å². The Kier molecular flexibility index (Phi) is 4.50. The second kappa shape index (κ2) is 5.18. The van der Waals surface area contributed by atoms with Crippen molar-refractivity contribution in [1.82, 2.24) is 5.32 Å². The van der Waals surface area contributed by atoms with Gasteiger partial charge in [-0.15, -0.1) is 12.4 Å². The lowest BCUT2D eigenvalue weighted by atomic mass is 9.76. The predicted octanol–water partition coefficient (Wildman–Crippen LogP) is 1.98. The maximum Gasteiger partial charge on any atom is 0.0523 e. The first-order valence-electron chi connectivity index (χ1n) is 5.20. The first-order valence-corrected chi connectivity index (χ1v) is 5.20. The van der Waals surface area contributed by atoms with E-state index >= 15 is 0 Å². The van der Waals surface area contributed by atoms with Crippen LogP contribution in [0.4, 0.5) is 0 Å². The van der Waals surface area contributed by atoms with Gasteiger partial charge in [-0.05, 0) is 44.2 Å². The summed E-state index contributed by atoms with van der Waals surface area (Å²) in [5, 5.41) is 3.42. The number of rotatable bonds is 0. The predicted molar refractivity (Wildman–Crippen MR) is 56.5 cm³/mol. The fourth-order valence-electron chi connectivity index (χ4n) is 2.42. The minimum Gasteiger partial charge on any atom is -0.381 e. The minimum atomic E-state index is 0. The number of nitrogens with one attached hydrogen (secondary N) is 1. The number of ether oxygens (including phenoxy) is 1. The third kappa shape index (κ3) is 2.83. The summed E-state index contributed by atoms with van der Waals surface area (Å²) < 4.78 is 5.66. The third-order valence-corrected chi connectivity index (χ3v) is 3.32. The van der Waals surface area contributed by atoms with Gasteiger partial charge in [-0.1, -0.05) is 6.42 Å². The van der Waals surface area contributed by atoms with Gasteiger partial charge in [0.15, 0.2) is 0 Å². The summed E-state index contributed by atoms with van der Waals surface area (Å²) in [6, 6.07) is 0. The lowest BCUT2D eigenvalue weighted by molar-refractivity contribution is 0.0397. The zero-order chi connectivity index (χ0) is 8.28. The summed E-state index contributed by atoms with van der Waals surface area (Å²) in [5.74, 6) is 0. The Hall–Kier alpha value is 0.210. The highest BCUT2D eigenvalue weighted by Crippen LogP contribution is 2.36. The molecule has 0 aromatic rings. The number of halogens is 1. The molecule has 2 rings (SSSR count). The Morgan fingerprint density at radius 2 is 1.77 bits per heavy atom. The van der Waals surface area contributed by atoms with Crippen LogP contribution in [0.5, 0.6) is 0 Å². The number of hydrogen-bond acceptors (Lipinski definition) is 2. The SMILES string of the molecule is C1CCC2(CCNCC2)COC1.Cl. The fraction of sp³-hybridized carbons (Fsp3) is 1.00. The second-order valence-corrected chi connectivity index (χ2v) is 4.26. The van der Waals surface area contributed by atoms with Crippen LogP contribution in [0.2, 0.25) is 0 Å². The molecule has 0 aromatic heterocycles. The van der Waals surface area contributed by atoms with E-state index in [0.29, 0.717) is 5.41 Å². The molecule has 78 valence electrons. The van der Waals surface area contributed by atoms with Gasteiger partial charge >= 0.3 is 0 Å². The molecule has 1 N–H and O–H groups in total. The summed E-state index contributed by atoms with van der Waals surface area (Å²) in [7, 11) is 0. The Morgan fingerprint density at radius 3 is 2.54 bits per heavy atom. The molecule has 2 aliphatic heterocycles. The highest BCUT2D eigenvalue weighted by molar-refractivity contribution is 5.85. The van der Waals surface area contributed by atoms with Crippen LogP contribution in [0.25, 0.3) is 0 Å². The molecule has 2 heterocycles. The van der Waals surface area contributed by atoms with Crippen LogP contribution in [0, 0.1) is 5.41 Å². The van der Waals surface area contributed by atoms with E-state index < -0.39 is 0 Å². The van der Waals surface area contributed by atoms with Gasteiger partial charge in [-0.3, -0.25) is 0 Å².